The second-order valence-electron chi connectivity index (χ2n) is 5.16. The summed E-state index contributed by atoms with van der Waals surface area (Å²) in [6.45, 7) is 6.88. The van der Waals surface area contributed by atoms with Crippen molar-refractivity contribution in [2.45, 2.75) is 33.4 Å². The molecule has 2 rings (SSSR count). The van der Waals surface area contributed by atoms with Gasteiger partial charge in [0.25, 0.3) is 0 Å². The van der Waals surface area contributed by atoms with Crippen LogP contribution >= 0.6 is 27.5 Å². The Balaban J connectivity index is 2.18. The standard InChI is InChI=1S/C16H18BrClN2O/c1-10(2)19-8-12-7-16(20-9-14(12)18)21-15-5-4-13(17)6-11(15)3/h4-7,9-10,19H,8H2,1-3H3. The lowest BCUT2D eigenvalue weighted by atomic mass is 10.2. The normalized spacial score (nSPS) is 11.0. The summed E-state index contributed by atoms with van der Waals surface area (Å²) in [7, 11) is 0. The zero-order valence-corrected chi connectivity index (χ0v) is 14.6. The SMILES string of the molecule is Cc1cc(Br)ccc1Oc1cc(CNC(C)C)c(Cl)cn1. The van der Waals surface area contributed by atoms with Gasteiger partial charge in [-0.2, -0.15) is 0 Å². The van der Waals surface area contributed by atoms with Gasteiger partial charge in [0, 0.05) is 29.3 Å². The van der Waals surface area contributed by atoms with Crippen LogP contribution in [0.15, 0.2) is 34.9 Å². The fraction of sp³-hybridized carbons (Fsp3) is 0.312. The number of aromatic nitrogens is 1. The Labute approximate surface area is 138 Å². The van der Waals surface area contributed by atoms with Gasteiger partial charge in [0.05, 0.1) is 5.02 Å². The molecule has 0 saturated carbocycles. The minimum atomic E-state index is 0.396. The quantitative estimate of drug-likeness (QED) is 0.796. The first kappa shape index (κ1) is 16.3. The van der Waals surface area contributed by atoms with E-state index in [1.165, 1.54) is 0 Å². The second kappa shape index (κ2) is 7.25. The Bertz CT molecular complexity index is 632. The Kier molecular flexibility index (Phi) is 5.62. The number of rotatable bonds is 5. The first-order valence-electron chi connectivity index (χ1n) is 6.77. The maximum atomic E-state index is 6.17. The first-order chi connectivity index (χ1) is 9.95. The molecule has 0 spiro atoms. The van der Waals surface area contributed by atoms with Crippen molar-refractivity contribution in [1.82, 2.24) is 10.3 Å². The van der Waals surface area contributed by atoms with Crippen LogP contribution in [0, 0.1) is 6.92 Å². The molecule has 0 bridgehead atoms. The van der Waals surface area contributed by atoms with Crippen molar-refractivity contribution < 1.29 is 4.74 Å². The third-order valence-corrected chi connectivity index (χ3v) is 3.80. The van der Waals surface area contributed by atoms with Crippen LogP contribution in [-0.4, -0.2) is 11.0 Å². The third kappa shape index (κ3) is 4.70. The molecule has 0 amide bonds. The molecule has 1 N–H and O–H groups in total. The number of ether oxygens (including phenoxy) is 1. The highest BCUT2D eigenvalue weighted by atomic mass is 79.9. The van der Waals surface area contributed by atoms with Gasteiger partial charge >= 0.3 is 0 Å². The fourth-order valence-electron chi connectivity index (χ4n) is 1.80. The summed E-state index contributed by atoms with van der Waals surface area (Å²) in [4.78, 5) is 4.23. The molecule has 0 unspecified atom stereocenters. The molecule has 0 saturated heterocycles. The summed E-state index contributed by atoms with van der Waals surface area (Å²) in [6.07, 6.45) is 1.63. The van der Waals surface area contributed by atoms with E-state index in [4.69, 9.17) is 16.3 Å². The summed E-state index contributed by atoms with van der Waals surface area (Å²) >= 11 is 9.61. The lowest BCUT2D eigenvalue weighted by molar-refractivity contribution is 0.457. The number of halogens is 2. The van der Waals surface area contributed by atoms with E-state index in [2.05, 4.69) is 40.1 Å². The number of pyridine rings is 1. The molecule has 5 heteroatoms. The van der Waals surface area contributed by atoms with E-state index < -0.39 is 0 Å². The largest absolute Gasteiger partial charge is 0.439 e. The van der Waals surface area contributed by atoms with Crippen molar-refractivity contribution in [1.29, 1.82) is 0 Å². The zero-order chi connectivity index (χ0) is 15.4. The second-order valence-corrected chi connectivity index (χ2v) is 6.48. The molecule has 112 valence electrons. The van der Waals surface area contributed by atoms with Crippen molar-refractivity contribution >= 4 is 27.5 Å². The number of aryl methyl sites for hydroxylation is 1. The summed E-state index contributed by atoms with van der Waals surface area (Å²) in [5.74, 6) is 1.33. The minimum absolute atomic E-state index is 0.396. The molecule has 0 radical (unpaired) electrons. The summed E-state index contributed by atoms with van der Waals surface area (Å²) in [5.41, 5.74) is 2.02. The van der Waals surface area contributed by atoms with Gasteiger partial charge in [-0.3, -0.25) is 0 Å². The first-order valence-corrected chi connectivity index (χ1v) is 7.94. The Morgan fingerprint density at radius 2 is 2.10 bits per heavy atom. The van der Waals surface area contributed by atoms with Crippen molar-refractivity contribution in [3.63, 3.8) is 0 Å². The van der Waals surface area contributed by atoms with E-state index in [1.54, 1.807) is 6.20 Å². The molecule has 0 fully saturated rings. The Morgan fingerprint density at radius 3 is 2.76 bits per heavy atom. The number of nitrogens with zero attached hydrogens (tertiary/aromatic N) is 1. The van der Waals surface area contributed by atoms with Crippen LogP contribution < -0.4 is 10.1 Å². The minimum Gasteiger partial charge on any atom is -0.439 e. The average molecular weight is 370 g/mol. The number of benzene rings is 1. The van der Waals surface area contributed by atoms with Gasteiger partial charge in [-0.15, -0.1) is 0 Å². The van der Waals surface area contributed by atoms with Crippen LogP contribution in [0.2, 0.25) is 5.02 Å². The highest BCUT2D eigenvalue weighted by Crippen LogP contribution is 2.28. The lowest BCUT2D eigenvalue weighted by Crippen LogP contribution is -2.22. The van der Waals surface area contributed by atoms with Gasteiger partial charge in [0.15, 0.2) is 0 Å². The van der Waals surface area contributed by atoms with Crippen molar-refractivity contribution in [2.75, 3.05) is 0 Å². The van der Waals surface area contributed by atoms with Crippen LogP contribution in [0.4, 0.5) is 0 Å². The molecule has 1 aromatic carbocycles. The van der Waals surface area contributed by atoms with E-state index in [-0.39, 0.29) is 0 Å². The molecule has 21 heavy (non-hydrogen) atoms. The van der Waals surface area contributed by atoms with Crippen molar-refractivity contribution in [3.05, 3.63) is 51.1 Å². The van der Waals surface area contributed by atoms with E-state index >= 15 is 0 Å². The average Bonchev–Trinajstić information content (AvgIpc) is 2.42. The highest BCUT2D eigenvalue weighted by Gasteiger charge is 2.08. The van der Waals surface area contributed by atoms with Gasteiger partial charge in [-0.05, 0) is 36.2 Å². The molecular weight excluding hydrogens is 352 g/mol. The van der Waals surface area contributed by atoms with E-state index in [9.17, 15) is 0 Å². The van der Waals surface area contributed by atoms with Gasteiger partial charge in [-0.1, -0.05) is 41.4 Å². The van der Waals surface area contributed by atoms with E-state index in [1.807, 2.05) is 31.2 Å². The topological polar surface area (TPSA) is 34.1 Å². The van der Waals surface area contributed by atoms with Gasteiger partial charge in [0.2, 0.25) is 5.88 Å². The molecule has 1 heterocycles. The zero-order valence-electron chi connectivity index (χ0n) is 12.3. The van der Waals surface area contributed by atoms with E-state index in [0.29, 0.717) is 23.5 Å². The monoisotopic (exact) mass is 368 g/mol. The van der Waals surface area contributed by atoms with Gasteiger partial charge in [0.1, 0.15) is 5.75 Å². The summed E-state index contributed by atoms with van der Waals surface area (Å²) in [6, 6.07) is 8.14. The molecule has 0 atom stereocenters. The molecule has 0 aliphatic heterocycles. The lowest BCUT2D eigenvalue weighted by Gasteiger charge is -2.12. The number of hydrogen-bond donors (Lipinski definition) is 1. The Morgan fingerprint density at radius 1 is 1.33 bits per heavy atom. The summed E-state index contributed by atoms with van der Waals surface area (Å²) in [5, 5.41) is 3.98. The maximum Gasteiger partial charge on any atom is 0.219 e. The van der Waals surface area contributed by atoms with Gasteiger partial charge < -0.3 is 10.1 Å². The third-order valence-electron chi connectivity index (χ3n) is 2.96. The molecule has 3 nitrogen and oxygen atoms in total. The maximum absolute atomic E-state index is 6.17. The van der Waals surface area contributed by atoms with Crippen LogP contribution in [-0.2, 0) is 6.54 Å². The van der Waals surface area contributed by atoms with Crippen molar-refractivity contribution in [2.24, 2.45) is 0 Å². The molecule has 0 aliphatic carbocycles. The number of nitrogens with one attached hydrogen (secondary N) is 1. The van der Waals surface area contributed by atoms with Crippen LogP contribution in [0.5, 0.6) is 11.6 Å². The smallest absolute Gasteiger partial charge is 0.219 e. The predicted octanol–water partition coefficient (Wildman–Crippen LogP) is 5.10. The van der Waals surface area contributed by atoms with Crippen molar-refractivity contribution in [3.8, 4) is 11.6 Å². The van der Waals surface area contributed by atoms with Crippen LogP contribution in [0.1, 0.15) is 25.0 Å². The fourth-order valence-corrected chi connectivity index (χ4v) is 2.45. The Hall–Kier alpha value is -1.10. The molecular formula is C16H18BrClN2O. The van der Waals surface area contributed by atoms with Crippen LogP contribution in [0.25, 0.3) is 0 Å². The molecule has 0 aliphatic rings. The highest BCUT2D eigenvalue weighted by molar-refractivity contribution is 9.10. The molecule has 1 aromatic heterocycles. The number of hydrogen-bond acceptors (Lipinski definition) is 3. The van der Waals surface area contributed by atoms with Crippen LogP contribution in [0.3, 0.4) is 0 Å². The molecule has 2 aromatic rings. The predicted molar refractivity (Wildman–Crippen MR) is 90.2 cm³/mol. The summed E-state index contributed by atoms with van der Waals surface area (Å²) < 4.78 is 6.87. The van der Waals surface area contributed by atoms with Gasteiger partial charge in [-0.25, -0.2) is 4.98 Å². The van der Waals surface area contributed by atoms with E-state index in [0.717, 1.165) is 21.3 Å².